The zero-order valence-electron chi connectivity index (χ0n) is 15.9. The lowest BCUT2D eigenvalue weighted by molar-refractivity contribution is 0.152. The Morgan fingerprint density at radius 1 is 1.04 bits per heavy atom. The Morgan fingerprint density at radius 2 is 1.81 bits per heavy atom. The fourth-order valence-corrected chi connectivity index (χ4v) is 3.96. The van der Waals surface area contributed by atoms with Crippen LogP contribution in [0.4, 0.5) is 0 Å². The number of aliphatic hydroxyl groups excluding tert-OH is 1. The largest absolute Gasteiger partial charge is 0.497 e. The number of hydrogen-bond acceptors (Lipinski definition) is 4. The van der Waals surface area contributed by atoms with Crippen LogP contribution in [0.1, 0.15) is 18.5 Å². The maximum absolute atomic E-state index is 9.53. The second-order valence-electron chi connectivity index (χ2n) is 7.15. The molecule has 1 aromatic heterocycles. The lowest BCUT2D eigenvalue weighted by atomic mass is 10.0. The Labute approximate surface area is 159 Å². The first-order chi connectivity index (χ1) is 13.2. The highest BCUT2D eigenvalue weighted by atomic mass is 16.5. The fourth-order valence-electron chi connectivity index (χ4n) is 3.96. The SMILES string of the molecule is COc1cc(OC)cc(-c2ccc3[nH]c(CN4CCC[C@@H]4CO)cc3c2)c1. The summed E-state index contributed by atoms with van der Waals surface area (Å²) in [6, 6.07) is 14.8. The van der Waals surface area contributed by atoms with Gasteiger partial charge in [-0.1, -0.05) is 6.07 Å². The minimum Gasteiger partial charge on any atom is -0.497 e. The molecular formula is C22H26N2O3. The predicted molar refractivity (Wildman–Crippen MR) is 107 cm³/mol. The van der Waals surface area contributed by atoms with Gasteiger partial charge in [0.15, 0.2) is 0 Å². The summed E-state index contributed by atoms with van der Waals surface area (Å²) in [5.41, 5.74) is 4.50. The van der Waals surface area contributed by atoms with Crippen molar-refractivity contribution in [2.24, 2.45) is 0 Å². The van der Waals surface area contributed by atoms with Crippen LogP contribution >= 0.6 is 0 Å². The third-order valence-corrected chi connectivity index (χ3v) is 5.44. The van der Waals surface area contributed by atoms with Gasteiger partial charge in [-0.3, -0.25) is 4.90 Å². The summed E-state index contributed by atoms with van der Waals surface area (Å²) in [5, 5.41) is 10.7. The Morgan fingerprint density at radius 3 is 2.52 bits per heavy atom. The number of aromatic nitrogens is 1. The van der Waals surface area contributed by atoms with Gasteiger partial charge in [0.1, 0.15) is 11.5 Å². The van der Waals surface area contributed by atoms with E-state index in [0.29, 0.717) is 0 Å². The van der Waals surface area contributed by atoms with Gasteiger partial charge in [0.2, 0.25) is 0 Å². The number of benzene rings is 2. The van der Waals surface area contributed by atoms with Crippen molar-refractivity contribution in [3.63, 3.8) is 0 Å². The van der Waals surface area contributed by atoms with E-state index >= 15 is 0 Å². The summed E-state index contributed by atoms with van der Waals surface area (Å²) in [6.45, 7) is 2.14. The van der Waals surface area contributed by atoms with Crippen molar-refractivity contribution >= 4 is 10.9 Å². The minimum atomic E-state index is 0.238. The van der Waals surface area contributed by atoms with E-state index in [-0.39, 0.29) is 12.6 Å². The summed E-state index contributed by atoms with van der Waals surface area (Å²) in [4.78, 5) is 5.88. The van der Waals surface area contributed by atoms with Gasteiger partial charge in [-0.2, -0.15) is 0 Å². The molecule has 3 aromatic rings. The molecule has 5 heteroatoms. The van der Waals surface area contributed by atoms with Crippen LogP contribution < -0.4 is 9.47 Å². The average molecular weight is 366 g/mol. The zero-order valence-corrected chi connectivity index (χ0v) is 15.9. The van der Waals surface area contributed by atoms with Gasteiger partial charge in [0.05, 0.1) is 20.8 Å². The van der Waals surface area contributed by atoms with Gasteiger partial charge in [-0.05, 0) is 60.8 Å². The number of rotatable bonds is 6. The molecule has 0 spiro atoms. The standard InChI is InChI=1S/C22H26N2O3/c1-26-20-10-16(11-21(12-20)27-2)15-5-6-22-17(8-15)9-18(23-22)13-24-7-3-4-19(24)14-25/h5-6,8-12,19,23,25H,3-4,7,13-14H2,1-2H3/t19-/m1/s1. The maximum Gasteiger partial charge on any atom is 0.123 e. The molecule has 1 saturated heterocycles. The lowest BCUT2D eigenvalue weighted by Crippen LogP contribution is -2.31. The second kappa shape index (κ2) is 7.62. The van der Waals surface area contributed by atoms with Gasteiger partial charge in [0.25, 0.3) is 0 Å². The maximum atomic E-state index is 9.53. The summed E-state index contributed by atoms with van der Waals surface area (Å²) < 4.78 is 10.8. The van der Waals surface area contributed by atoms with E-state index in [4.69, 9.17) is 9.47 Å². The Hall–Kier alpha value is -2.50. The molecule has 1 fully saturated rings. The number of ether oxygens (including phenoxy) is 2. The molecule has 0 bridgehead atoms. The number of aromatic amines is 1. The molecule has 0 unspecified atom stereocenters. The van der Waals surface area contributed by atoms with E-state index in [2.05, 4.69) is 34.1 Å². The molecule has 5 nitrogen and oxygen atoms in total. The van der Waals surface area contributed by atoms with Crippen molar-refractivity contribution in [2.75, 3.05) is 27.4 Å². The second-order valence-corrected chi connectivity index (χ2v) is 7.15. The first kappa shape index (κ1) is 17.9. The van der Waals surface area contributed by atoms with Crippen molar-refractivity contribution in [1.29, 1.82) is 0 Å². The Bertz CT molecular complexity index is 912. The Kier molecular flexibility index (Phi) is 5.05. The Balaban J connectivity index is 1.63. The number of aliphatic hydroxyl groups is 1. The van der Waals surface area contributed by atoms with Gasteiger partial charge >= 0.3 is 0 Å². The van der Waals surface area contributed by atoms with Gasteiger partial charge in [0, 0.05) is 35.2 Å². The third-order valence-electron chi connectivity index (χ3n) is 5.44. The molecule has 2 heterocycles. The van der Waals surface area contributed by atoms with Crippen molar-refractivity contribution in [3.8, 4) is 22.6 Å². The molecule has 1 atom stereocenters. The van der Waals surface area contributed by atoms with E-state index in [9.17, 15) is 5.11 Å². The van der Waals surface area contributed by atoms with Crippen LogP contribution in [0.25, 0.3) is 22.0 Å². The molecular weight excluding hydrogens is 340 g/mol. The highest BCUT2D eigenvalue weighted by molar-refractivity contribution is 5.86. The average Bonchev–Trinajstić information content (AvgIpc) is 3.32. The van der Waals surface area contributed by atoms with E-state index in [1.807, 2.05) is 18.2 Å². The lowest BCUT2D eigenvalue weighted by Gasteiger charge is -2.21. The van der Waals surface area contributed by atoms with Crippen molar-refractivity contribution in [3.05, 3.63) is 48.2 Å². The van der Waals surface area contributed by atoms with Crippen LogP contribution in [-0.2, 0) is 6.54 Å². The number of nitrogens with zero attached hydrogens (tertiary/aromatic N) is 1. The number of likely N-dealkylation sites (tertiary alicyclic amines) is 1. The molecule has 2 N–H and O–H groups in total. The molecule has 142 valence electrons. The molecule has 27 heavy (non-hydrogen) atoms. The molecule has 4 rings (SSSR count). The van der Waals surface area contributed by atoms with E-state index in [0.717, 1.165) is 54.1 Å². The number of methoxy groups -OCH3 is 2. The third kappa shape index (κ3) is 3.66. The highest BCUT2D eigenvalue weighted by Gasteiger charge is 2.24. The molecule has 1 aliphatic rings. The summed E-state index contributed by atoms with van der Waals surface area (Å²) in [5.74, 6) is 1.56. The van der Waals surface area contributed by atoms with Gasteiger partial charge in [-0.25, -0.2) is 0 Å². The van der Waals surface area contributed by atoms with Crippen LogP contribution in [-0.4, -0.2) is 48.4 Å². The summed E-state index contributed by atoms with van der Waals surface area (Å²) >= 11 is 0. The predicted octanol–water partition coefficient (Wildman–Crippen LogP) is 3.81. The van der Waals surface area contributed by atoms with Crippen LogP contribution in [0.3, 0.4) is 0 Å². The fraction of sp³-hybridized carbons (Fsp3) is 0.364. The summed E-state index contributed by atoms with van der Waals surface area (Å²) in [7, 11) is 3.33. The van der Waals surface area contributed by atoms with E-state index in [1.54, 1.807) is 14.2 Å². The monoisotopic (exact) mass is 366 g/mol. The normalized spacial score (nSPS) is 17.5. The highest BCUT2D eigenvalue weighted by Crippen LogP contribution is 2.32. The number of hydrogen-bond donors (Lipinski definition) is 2. The number of H-pyrrole nitrogens is 1. The zero-order chi connectivity index (χ0) is 18.8. The van der Waals surface area contributed by atoms with Crippen LogP contribution in [0.5, 0.6) is 11.5 Å². The number of fused-ring (bicyclic) bond motifs is 1. The topological polar surface area (TPSA) is 57.7 Å². The number of nitrogens with one attached hydrogen (secondary N) is 1. The molecule has 0 aliphatic carbocycles. The smallest absolute Gasteiger partial charge is 0.123 e. The minimum absolute atomic E-state index is 0.238. The molecule has 1 aliphatic heterocycles. The van der Waals surface area contributed by atoms with E-state index < -0.39 is 0 Å². The van der Waals surface area contributed by atoms with E-state index in [1.165, 1.54) is 11.1 Å². The van der Waals surface area contributed by atoms with Gasteiger partial charge < -0.3 is 19.6 Å². The molecule has 0 amide bonds. The van der Waals surface area contributed by atoms with Crippen LogP contribution in [0, 0.1) is 0 Å². The van der Waals surface area contributed by atoms with Crippen LogP contribution in [0.2, 0.25) is 0 Å². The van der Waals surface area contributed by atoms with Crippen molar-refractivity contribution in [2.45, 2.75) is 25.4 Å². The first-order valence-corrected chi connectivity index (χ1v) is 9.40. The van der Waals surface area contributed by atoms with Crippen LogP contribution in [0.15, 0.2) is 42.5 Å². The molecule has 2 aromatic carbocycles. The van der Waals surface area contributed by atoms with Gasteiger partial charge in [-0.15, -0.1) is 0 Å². The van der Waals surface area contributed by atoms with Crippen molar-refractivity contribution < 1.29 is 14.6 Å². The molecule has 0 saturated carbocycles. The summed E-state index contributed by atoms with van der Waals surface area (Å²) in [6.07, 6.45) is 2.24. The molecule has 0 radical (unpaired) electrons. The first-order valence-electron chi connectivity index (χ1n) is 9.40. The van der Waals surface area contributed by atoms with Crippen molar-refractivity contribution in [1.82, 2.24) is 9.88 Å². The quantitative estimate of drug-likeness (QED) is 0.697.